The Morgan fingerprint density at radius 1 is 1.47 bits per heavy atom. The smallest absolute Gasteiger partial charge is 0.251 e. The molecular formula is C11H15ClN2O. The summed E-state index contributed by atoms with van der Waals surface area (Å²) in [7, 11) is 0. The van der Waals surface area contributed by atoms with Crippen LogP contribution in [0.2, 0.25) is 5.15 Å². The lowest BCUT2D eigenvalue weighted by Crippen LogP contribution is -2.22. The lowest BCUT2D eigenvalue weighted by atomic mass is 10.1. The molecule has 0 fully saturated rings. The van der Waals surface area contributed by atoms with Crippen molar-refractivity contribution in [1.82, 2.24) is 10.3 Å². The highest BCUT2D eigenvalue weighted by Crippen LogP contribution is 2.12. The second kappa shape index (κ2) is 5.71. The minimum atomic E-state index is -0.0980. The fraction of sp³-hybridized carbons (Fsp3) is 0.455. The van der Waals surface area contributed by atoms with Crippen molar-refractivity contribution in [3.05, 3.63) is 28.5 Å². The summed E-state index contributed by atoms with van der Waals surface area (Å²) in [6.07, 6.45) is 1.83. The van der Waals surface area contributed by atoms with Gasteiger partial charge < -0.3 is 5.32 Å². The van der Waals surface area contributed by atoms with Crippen molar-refractivity contribution in [2.75, 3.05) is 6.54 Å². The van der Waals surface area contributed by atoms with Crippen molar-refractivity contribution < 1.29 is 4.79 Å². The molecule has 1 heterocycles. The first-order valence-corrected chi connectivity index (χ1v) is 5.49. The molecule has 0 radical (unpaired) electrons. The van der Waals surface area contributed by atoms with Crippen LogP contribution in [0.3, 0.4) is 0 Å². The van der Waals surface area contributed by atoms with Crippen molar-refractivity contribution in [3.63, 3.8) is 0 Å². The van der Waals surface area contributed by atoms with Crippen molar-refractivity contribution in [2.45, 2.75) is 26.7 Å². The van der Waals surface area contributed by atoms with E-state index in [1.807, 2.05) is 6.92 Å². The number of carbonyl (C=O) groups is 1. The standard InChI is InChI=1S/C11H15ClN2O/c1-3-5-9-6-8(7-10(12)14-9)11(15)13-4-2/h6-7H,3-5H2,1-2H3,(H,13,15). The first-order valence-electron chi connectivity index (χ1n) is 5.12. The molecule has 1 rings (SSSR count). The third-order valence-electron chi connectivity index (χ3n) is 1.95. The zero-order chi connectivity index (χ0) is 11.3. The van der Waals surface area contributed by atoms with E-state index >= 15 is 0 Å². The molecule has 15 heavy (non-hydrogen) atoms. The van der Waals surface area contributed by atoms with Crippen LogP contribution in [0.15, 0.2) is 12.1 Å². The molecule has 0 unspecified atom stereocenters. The van der Waals surface area contributed by atoms with Crippen LogP contribution in [0.1, 0.15) is 36.3 Å². The van der Waals surface area contributed by atoms with E-state index in [9.17, 15) is 4.79 Å². The summed E-state index contributed by atoms with van der Waals surface area (Å²) in [5.74, 6) is -0.0980. The molecule has 0 aliphatic carbocycles. The Bertz CT molecular complexity index is 352. The molecule has 82 valence electrons. The Labute approximate surface area is 94.9 Å². The summed E-state index contributed by atoms with van der Waals surface area (Å²) in [6.45, 7) is 4.56. The van der Waals surface area contributed by atoms with Crippen LogP contribution in [0.4, 0.5) is 0 Å². The fourth-order valence-corrected chi connectivity index (χ4v) is 1.56. The van der Waals surface area contributed by atoms with Gasteiger partial charge >= 0.3 is 0 Å². The van der Waals surface area contributed by atoms with Gasteiger partial charge in [0.1, 0.15) is 5.15 Å². The van der Waals surface area contributed by atoms with E-state index in [0.29, 0.717) is 17.3 Å². The average Bonchev–Trinajstić information content (AvgIpc) is 2.17. The van der Waals surface area contributed by atoms with Gasteiger partial charge in [0.2, 0.25) is 0 Å². The number of nitrogens with one attached hydrogen (secondary N) is 1. The van der Waals surface area contributed by atoms with Crippen LogP contribution in [0.25, 0.3) is 0 Å². The number of aryl methyl sites for hydroxylation is 1. The minimum Gasteiger partial charge on any atom is -0.352 e. The number of nitrogens with zero attached hydrogens (tertiary/aromatic N) is 1. The summed E-state index contributed by atoms with van der Waals surface area (Å²) in [6, 6.07) is 3.38. The van der Waals surface area contributed by atoms with Gasteiger partial charge in [0.05, 0.1) is 0 Å². The van der Waals surface area contributed by atoms with Crippen LogP contribution in [0, 0.1) is 0 Å². The largest absolute Gasteiger partial charge is 0.352 e. The molecule has 3 nitrogen and oxygen atoms in total. The third-order valence-corrected chi connectivity index (χ3v) is 2.15. The van der Waals surface area contributed by atoms with Gasteiger partial charge in [-0.2, -0.15) is 0 Å². The molecule has 0 bridgehead atoms. The Morgan fingerprint density at radius 2 is 2.20 bits per heavy atom. The lowest BCUT2D eigenvalue weighted by molar-refractivity contribution is 0.0955. The molecule has 0 spiro atoms. The molecule has 0 atom stereocenters. The molecule has 0 aliphatic rings. The van der Waals surface area contributed by atoms with Gasteiger partial charge in [0.25, 0.3) is 5.91 Å². The van der Waals surface area contributed by atoms with E-state index in [1.165, 1.54) is 0 Å². The first-order chi connectivity index (χ1) is 7.17. The normalized spacial score (nSPS) is 10.1. The first kappa shape index (κ1) is 12.0. The second-order valence-electron chi connectivity index (χ2n) is 3.28. The SMILES string of the molecule is CCCc1cc(C(=O)NCC)cc(Cl)n1. The summed E-state index contributed by atoms with van der Waals surface area (Å²) in [4.78, 5) is 15.7. The van der Waals surface area contributed by atoms with Crippen molar-refractivity contribution in [1.29, 1.82) is 0 Å². The zero-order valence-electron chi connectivity index (χ0n) is 9.01. The van der Waals surface area contributed by atoms with Crippen LogP contribution in [0.5, 0.6) is 0 Å². The zero-order valence-corrected chi connectivity index (χ0v) is 9.77. The van der Waals surface area contributed by atoms with E-state index < -0.39 is 0 Å². The number of amides is 1. The molecule has 1 aromatic heterocycles. The van der Waals surface area contributed by atoms with Gasteiger partial charge in [0, 0.05) is 17.8 Å². The number of hydrogen-bond acceptors (Lipinski definition) is 2. The molecule has 0 aliphatic heterocycles. The maximum Gasteiger partial charge on any atom is 0.251 e. The Hall–Kier alpha value is -1.09. The van der Waals surface area contributed by atoms with Crippen LogP contribution in [-0.4, -0.2) is 17.4 Å². The van der Waals surface area contributed by atoms with Crippen molar-refractivity contribution >= 4 is 17.5 Å². The van der Waals surface area contributed by atoms with E-state index in [2.05, 4.69) is 17.2 Å². The van der Waals surface area contributed by atoms with Crippen LogP contribution >= 0.6 is 11.6 Å². The predicted molar refractivity (Wildman–Crippen MR) is 61.2 cm³/mol. The van der Waals surface area contributed by atoms with E-state index in [1.54, 1.807) is 12.1 Å². The summed E-state index contributed by atoms with van der Waals surface area (Å²) in [5, 5.41) is 3.11. The van der Waals surface area contributed by atoms with Gasteiger partial charge in [-0.05, 0) is 25.5 Å². The van der Waals surface area contributed by atoms with E-state index in [0.717, 1.165) is 18.5 Å². The Kier molecular flexibility index (Phi) is 4.56. The molecule has 1 amide bonds. The number of hydrogen-bond donors (Lipinski definition) is 1. The van der Waals surface area contributed by atoms with Gasteiger partial charge in [-0.1, -0.05) is 24.9 Å². The van der Waals surface area contributed by atoms with Crippen molar-refractivity contribution in [3.8, 4) is 0 Å². The molecule has 1 aromatic rings. The molecule has 0 saturated carbocycles. The number of pyridine rings is 1. The summed E-state index contributed by atoms with van der Waals surface area (Å²) in [5.41, 5.74) is 1.45. The van der Waals surface area contributed by atoms with Gasteiger partial charge in [0.15, 0.2) is 0 Å². The van der Waals surface area contributed by atoms with Gasteiger partial charge in [-0.3, -0.25) is 4.79 Å². The lowest BCUT2D eigenvalue weighted by Gasteiger charge is -2.05. The fourth-order valence-electron chi connectivity index (χ4n) is 1.33. The highest BCUT2D eigenvalue weighted by atomic mass is 35.5. The maximum absolute atomic E-state index is 11.6. The summed E-state index contributed by atoms with van der Waals surface area (Å²) >= 11 is 5.84. The Morgan fingerprint density at radius 3 is 2.80 bits per heavy atom. The number of carbonyl (C=O) groups excluding carboxylic acids is 1. The highest BCUT2D eigenvalue weighted by molar-refractivity contribution is 6.29. The van der Waals surface area contributed by atoms with Gasteiger partial charge in [-0.25, -0.2) is 4.98 Å². The second-order valence-corrected chi connectivity index (χ2v) is 3.67. The van der Waals surface area contributed by atoms with Gasteiger partial charge in [-0.15, -0.1) is 0 Å². The summed E-state index contributed by atoms with van der Waals surface area (Å²) < 4.78 is 0. The number of rotatable bonds is 4. The highest BCUT2D eigenvalue weighted by Gasteiger charge is 2.07. The van der Waals surface area contributed by atoms with Crippen molar-refractivity contribution in [2.24, 2.45) is 0 Å². The quantitative estimate of drug-likeness (QED) is 0.802. The number of halogens is 1. The monoisotopic (exact) mass is 226 g/mol. The molecule has 1 N–H and O–H groups in total. The van der Waals surface area contributed by atoms with E-state index in [4.69, 9.17) is 11.6 Å². The molecule has 4 heteroatoms. The third kappa shape index (κ3) is 3.51. The molecule has 0 saturated heterocycles. The molecule has 0 aromatic carbocycles. The van der Waals surface area contributed by atoms with Crippen LogP contribution in [-0.2, 0) is 6.42 Å². The Balaban J connectivity index is 2.92. The van der Waals surface area contributed by atoms with Crippen LogP contribution < -0.4 is 5.32 Å². The maximum atomic E-state index is 11.6. The topological polar surface area (TPSA) is 42.0 Å². The van der Waals surface area contributed by atoms with E-state index in [-0.39, 0.29) is 5.91 Å². The molecular weight excluding hydrogens is 212 g/mol. The average molecular weight is 227 g/mol. The minimum absolute atomic E-state index is 0.0980. The number of aromatic nitrogens is 1. The predicted octanol–water partition coefficient (Wildman–Crippen LogP) is 2.44.